The zero-order valence-electron chi connectivity index (χ0n) is 21.2. The Morgan fingerprint density at radius 1 is 0.973 bits per heavy atom. The highest BCUT2D eigenvalue weighted by atomic mass is 32.1. The summed E-state index contributed by atoms with van der Waals surface area (Å²) in [7, 11) is 4.74. The zero-order chi connectivity index (χ0) is 26.3. The highest BCUT2D eigenvalue weighted by molar-refractivity contribution is 7.07. The van der Waals surface area contributed by atoms with Gasteiger partial charge in [-0.1, -0.05) is 47.7 Å². The molecule has 4 aromatic rings. The minimum atomic E-state index is -0.678. The number of ketones is 1. The van der Waals surface area contributed by atoms with Crippen LogP contribution in [0.4, 0.5) is 0 Å². The molecule has 0 aliphatic carbocycles. The molecule has 1 aliphatic rings. The third-order valence-corrected chi connectivity index (χ3v) is 7.51. The van der Waals surface area contributed by atoms with Crippen LogP contribution in [0, 0.1) is 0 Å². The van der Waals surface area contributed by atoms with Crippen LogP contribution in [0.25, 0.3) is 16.8 Å². The third kappa shape index (κ3) is 4.13. The molecule has 0 bridgehead atoms. The summed E-state index contributed by atoms with van der Waals surface area (Å²) in [5.74, 6) is 1.63. The van der Waals surface area contributed by atoms with Crippen LogP contribution in [0.2, 0.25) is 0 Å². The highest BCUT2D eigenvalue weighted by Crippen LogP contribution is 2.40. The summed E-state index contributed by atoms with van der Waals surface area (Å²) in [6.07, 6.45) is 1.80. The lowest BCUT2D eigenvalue weighted by Crippen LogP contribution is -2.39. The Balaban J connectivity index is 1.81. The minimum Gasteiger partial charge on any atom is -0.496 e. The van der Waals surface area contributed by atoms with Gasteiger partial charge in [0.05, 0.1) is 31.9 Å². The molecule has 0 spiro atoms. The van der Waals surface area contributed by atoms with E-state index in [4.69, 9.17) is 14.2 Å². The van der Waals surface area contributed by atoms with E-state index in [0.29, 0.717) is 37.9 Å². The van der Waals surface area contributed by atoms with E-state index < -0.39 is 6.04 Å². The molecular weight excluding hydrogens is 488 g/mol. The van der Waals surface area contributed by atoms with Crippen molar-refractivity contribution in [3.8, 4) is 17.2 Å². The molecular formula is C29H26N2O5S. The molecule has 188 valence electrons. The van der Waals surface area contributed by atoms with E-state index in [1.807, 2.05) is 55.5 Å². The van der Waals surface area contributed by atoms with Gasteiger partial charge < -0.3 is 14.2 Å². The van der Waals surface area contributed by atoms with Gasteiger partial charge >= 0.3 is 0 Å². The smallest absolute Gasteiger partial charge is 0.271 e. The molecule has 2 heterocycles. The van der Waals surface area contributed by atoms with Crippen LogP contribution in [-0.4, -0.2) is 31.7 Å². The van der Waals surface area contributed by atoms with E-state index >= 15 is 0 Å². The first-order valence-electron chi connectivity index (χ1n) is 11.7. The highest BCUT2D eigenvalue weighted by Gasteiger charge is 2.33. The first-order chi connectivity index (χ1) is 17.9. The van der Waals surface area contributed by atoms with Crippen LogP contribution in [0.15, 0.2) is 75.7 Å². The number of carbonyl (C=O) groups is 1. The Morgan fingerprint density at radius 2 is 1.68 bits per heavy atom. The van der Waals surface area contributed by atoms with Crippen LogP contribution in [-0.2, 0) is 4.79 Å². The number of benzene rings is 3. The largest absolute Gasteiger partial charge is 0.496 e. The van der Waals surface area contributed by atoms with E-state index in [1.54, 1.807) is 38.0 Å². The summed E-state index contributed by atoms with van der Waals surface area (Å²) in [6.45, 7) is 3.32. The molecule has 7 nitrogen and oxygen atoms in total. The molecule has 1 aliphatic heterocycles. The molecule has 0 fully saturated rings. The van der Waals surface area contributed by atoms with Gasteiger partial charge in [0.15, 0.2) is 22.1 Å². The Kier molecular flexibility index (Phi) is 6.43. The van der Waals surface area contributed by atoms with Crippen molar-refractivity contribution in [2.75, 3.05) is 21.3 Å². The summed E-state index contributed by atoms with van der Waals surface area (Å²) in [4.78, 5) is 32.1. The van der Waals surface area contributed by atoms with Gasteiger partial charge in [-0.25, -0.2) is 4.99 Å². The fraction of sp³-hybridized carbons (Fsp3) is 0.207. The Labute approximate surface area is 217 Å². The monoisotopic (exact) mass is 514 g/mol. The van der Waals surface area contributed by atoms with Crippen LogP contribution >= 0.6 is 11.3 Å². The number of fused-ring (bicyclic) bond motifs is 2. The Hall–Kier alpha value is -4.17. The number of rotatable bonds is 6. The van der Waals surface area contributed by atoms with E-state index in [9.17, 15) is 9.59 Å². The standard InChI is InChI=1S/C29H26N2O5S/c1-16-25(17(2)32)27(26-20-9-7-6-8-19(20)11-13-22(26)35-4)31-28(33)24(37-29(31)30-16)15-18-10-12-21(34-3)23(14-18)36-5/h6-15,27H,1-5H3. The van der Waals surface area contributed by atoms with Gasteiger partial charge in [-0.05, 0) is 54.5 Å². The molecule has 0 saturated heterocycles. The maximum Gasteiger partial charge on any atom is 0.271 e. The topological polar surface area (TPSA) is 79.1 Å². The Bertz CT molecular complexity index is 1760. The van der Waals surface area contributed by atoms with E-state index in [2.05, 4.69) is 4.99 Å². The average Bonchev–Trinajstić information content (AvgIpc) is 3.20. The quantitative estimate of drug-likeness (QED) is 0.389. The lowest BCUT2D eigenvalue weighted by molar-refractivity contribution is -0.114. The fourth-order valence-corrected chi connectivity index (χ4v) is 5.92. The molecule has 0 saturated carbocycles. The summed E-state index contributed by atoms with van der Waals surface area (Å²) in [5.41, 5.74) is 2.37. The molecule has 0 radical (unpaired) electrons. The molecule has 3 aromatic carbocycles. The van der Waals surface area contributed by atoms with Gasteiger partial charge in [-0.2, -0.15) is 0 Å². The molecule has 0 N–H and O–H groups in total. The first kappa shape index (κ1) is 24.5. The molecule has 1 aromatic heterocycles. The van der Waals surface area contributed by atoms with Gasteiger partial charge in [0, 0.05) is 16.8 Å². The second-order valence-electron chi connectivity index (χ2n) is 8.66. The normalized spacial score (nSPS) is 15.4. The van der Waals surface area contributed by atoms with Gasteiger partial charge in [0.25, 0.3) is 5.56 Å². The number of methoxy groups -OCH3 is 3. The predicted octanol–water partition coefficient (Wildman–Crippen LogP) is 4.00. The van der Waals surface area contributed by atoms with Crippen molar-refractivity contribution in [1.29, 1.82) is 0 Å². The van der Waals surface area contributed by atoms with Crippen molar-refractivity contribution in [3.05, 3.63) is 96.7 Å². The van der Waals surface area contributed by atoms with E-state index in [-0.39, 0.29) is 11.3 Å². The van der Waals surface area contributed by atoms with Crippen molar-refractivity contribution >= 4 is 34.0 Å². The first-order valence-corrected chi connectivity index (χ1v) is 12.5. The third-order valence-electron chi connectivity index (χ3n) is 6.53. The predicted molar refractivity (Wildman–Crippen MR) is 144 cm³/mol. The summed E-state index contributed by atoms with van der Waals surface area (Å²) in [6, 6.07) is 16.5. The van der Waals surface area contributed by atoms with Gasteiger partial charge in [-0.3, -0.25) is 14.2 Å². The molecule has 8 heteroatoms. The van der Waals surface area contributed by atoms with E-state index in [0.717, 1.165) is 21.9 Å². The molecule has 0 amide bonds. The molecule has 1 atom stereocenters. The maximum absolute atomic E-state index is 13.9. The number of ether oxygens (including phenoxy) is 3. The van der Waals surface area contributed by atoms with Crippen molar-refractivity contribution in [3.63, 3.8) is 0 Å². The number of hydrogen-bond acceptors (Lipinski definition) is 7. The number of thiazole rings is 1. The van der Waals surface area contributed by atoms with Gasteiger partial charge in [0.2, 0.25) is 0 Å². The van der Waals surface area contributed by atoms with Gasteiger partial charge in [-0.15, -0.1) is 0 Å². The SMILES string of the molecule is COc1ccc(C=c2sc3n(c2=O)C(c2c(OC)ccc4ccccc24)C(C(C)=O)=C(C)N=3)cc1OC. The number of hydrogen-bond donors (Lipinski definition) is 0. The zero-order valence-corrected chi connectivity index (χ0v) is 22.0. The molecule has 37 heavy (non-hydrogen) atoms. The Morgan fingerprint density at radius 3 is 2.38 bits per heavy atom. The van der Waals surface area contributed by atoms with Crippen LogP contribution < -0.4 is 29.1 Å². The van der Waals surface area contributed by atoms with Crippen LogP contribution in [0.3, 0.4) is 0 Å². The van der Waals surface area contributed by atoms with Crippen molar-refractivity contribution in [1.82, 2.24) is 4.57 Å². The van der Waals surface area contributed by atoms with Crippen molar-refractivity contribution < 1.29 is 19.0 Å². The van der Waals surface area contributed by atoms with Crippen molar-refractivity contribution in [2.24, 2.45) is 4.99 Å². The van der Waals surface area contributed by atoms with Crippen LogP contribution in [0.1, 0.15) is 31.0 Å². The number of Topliss-reactive ketones (excluding diaryl/α,β-unsaturated/α-hetero) is 1. The lowest BCUT2D eigenvalue weighted by Gasteiger charge is -2.27. The second-order valence-corrected chi connectivity index (χ2v) is 9.66. The summed E-state index contributed by atoms with van der Waals surface area (Å²) >= 11 is 1.28. The molecule has 5 rings (SSSR count). The van der Waals surface area contributed by atoms with Crippen molar-refractivity contribution in [2.45, 2.75) is 19.9 Å². The lowest BCUT2D eigenvalue weighted by atomic mass is 9.89. The number of allylic oxidation sites excluding steroid dienone is 2. The average molecular weight is 515 g/mol. The van der Waals surface area contributed by atoms with E-state index in [1.165, 1.54) is 18.3 Å². The number of nitrogens with zero attached hydrogens (tertiary/aromatic N) is 2. The summed E-state index contributed by atoms with van der Waals surface area (Å²) in [5, 5.41) is 1.90. The maximum atomic E-state index is 13.9. The van der Waals surface area contributed by atoms with Gasteiger partial charge in [0.1, 0.15) is 5.75 Å². The second kappa shape index (κ2) is 9.71. The number of carbonyl (C=O) groups excluding carboxylic acids is 1. The fourth-order valence-electron chi connectivity index (χ4n) is 4.87. The number of aromatic nitrogens is 1. The van der Waals surface area contributed by atoms with Crippen LogP contribution in [0.5, 0.6) is 17.2 Å². The molecule has 1 unspecified atom stereocenters. The summed E-state index contributed by atoms with van der Waals surface area (Å²) < 4.78 is 18.6. The minimum absolute atomic E-state index is 0.143.